The lowest BCUT2D eigenvalue weighted by molar-refractivity contribution is -0.146. The molecule has 0 atom stereocenters. The molecule has 8 heteroatoms. The fourth-order valence-electron chi connectivity index (χ4n) is 1.34. The van der Waals surface area contributed by atoms with Crippen molar-refractivity contribution >= 4 is 27.6 Å². The molecule has 0 aromatic heterocycles. The summed E-state index contributed by atoms with van der Waals surface area (Å²) in [5, 5.41) is -0.321. The quantitative estimate of drug-likeness (QED) is 0.859. The fourth-order valence-corrected chi connectivity index (χ4v) is 2.97. The summed E-state index contributed by atoms with van der Waals surface area (Å²) in [6, 6.07) is 2.95. The van der Waals surface area contributed by atoms with E-state index >= 15 is 0 Å². The van der Waals surface area contributed by atoms with Crippen molar-refractivity contribution in [1.29, 1.82) is 0 Å². The number of nitrogens with one attached hydrogen (secondary N) is 1. The largest absolute Gasteiger partial charge is 0.468 e. The molecule has 0 fully saturated rings. The van der Waals surface area contributed by atoms with Crippen LogP contribution in [0, 0.1) is 5.82 Å². The number of methoxy groups -OCH3 is 1. The van der Waals surface area contributed by atoms with Gasteiger partial charge in [-0.2, -0.15) is 4.72 Å². The van der Waals surface area contributed by atoms with Crippen LogP contribution in [-0.4, -0.2) is 27.0 Å². The molecule has 1 aromatic rings. The van der Waals surface area contributed by atoms with Crippen LogP contribution in [0.1, 0.15) is 13.8 Å². The van der Waals surface area contributed by atoms with Gasteiger partial charge in [-0.1, -0.05) is 11.6 Å². The molecule has 0 saturated heterocycles. The van der Waals surface area contributed by atoms with Gasteiger partial charge in [-0.15, -0.1) is 0 Å². The predicted molar refractivity (Wildman–Crippen MR) is 67.8 cm³/mol. The van der Waals surface area contributed by atoms with Crippen LogP contribution in [0.4, 0.5) is 4.39 Å². The van der Waals surface area contributed by atoms with E-state index in [2.05, 4.69) is 9.46 Å². The molecule has 5 nitrogen and oxygen atoms in total. The van der Waals surface area contributed by atoms with Crippen LogP contribution in [0.5, 0.6) is 0 Å². The van der Waals surface area contributed by atoms with E-state index in [9.17, 15) is 17.6 Å². The van der Waals surface area contributed by atoms with Crippen molar-refractivity contribution in [1.82, 2.24) is 4.72 Å². The van der Waals surface area contributed by atoms with Crippen LogP contribution in [0.3, 0.4) is 0 Å². The van der Waals surface area contributed by atoms with E-state index in [1.54, 1.807) is 0 Å². The maximum Gasteiger partial charge on any atom is 0.326 e. The normalized spacial score (nSPS) is 12.3. The second-order valence-electron chi connectivity index (χ2n) is 4.30. The molecule has 0 amide bonds. The summed E-state index contributed by atoms with van der Waals surface area (Å²) in [6.45, 7) is 2.70. The number of carbonyl (C=O) groups is 1. The Bertz CT molecular complexity index is 601. The Morgan fingerprint density at radius 3 is 2.47 bits per heavy atom. The Morgan fingerprint density at radius 2 is 2.00 bits per heavy atom. The molecule has 0 aliphatic heterocycles. The highest BCUT2D eigenvalue weighted by Crippen LogP contribution is 2.20. The van der Waals surface area contributed by atoms with Crippen molar-refractivity contribution in [2.24, 2.45) is 0 Å². The molecule has 0 heterocycles. The van der Waals surface area contributed by atoms with Gasteiger partial charge in [0.05, 0.1) is 17.0 Å². The third-order valence-corrected chi connectivity index (χ3v) is 4.23. The zero-order chi connectivity index (χ0) is 14.8. The van der Waals surface area contributed by atoms with Crippen LogP contribution >= 0.6 is 11.6 Å². The van der Waals surface area contributed by atoms with Crippen LogP contribution in [0.25, 0.3) is 0 Å². The minimum absolute atomic E-state index is 0.240. The molecule has 0 aliphatic carbocycles. The zero-order valence-corrected chi connectivity index (χ0v) is 12.1. The first-order valence-corrected chi connectivity index (χ1v) is 7.04. The van der Waals surface area contributed by atoms with Gasteiger partial charge in [0.1, 0.15) is 11.4 Å². The van der Waals surface area contributed by atoms with Gasteiger partial charge in [-0.25, -0.2) is 12.8 Å². The Morgan fingerprint density at radius 1 is 1.42 bits per heavy atom. The molecular weight excluding hydrogens is 297 g/mol. The maximum atomic E-state index is 13.0. The van der Waals surface area contributed by atoms with Gasteiger partial charge in [-0.05, 0) is 32.0 Å². The average molecular weight is 310 g/mol. The number of hydrogen-bond acceptors (Lipinski definition) is 4. The highest BCUT2D eigenvalue weighted by Gasteiger charge is 2.34. The third-order valence-electron chi connectivity index (χ3n) is 2.29. The Balaban J connectivity index is 3.11. The monoisotopic (exact) mass is 309 g/mol. The summed E-state index contributed by atoms with van der Waals surface area (Å²) >= 11 is 5.52. The molecule has 0 spiro atoms. The first-order valence-electron chi connectivity index (χ1n) is 5.17. The highest BCUT2D eigenvalue weighted by atomic mass is 35.5. The number of rotatable bonds is 4. The van der Waals surface area contributed by atoms with E-state index in [4.69, 9.17) is 11.6 Å². The Hall–Kier alpha value is -1.18. The van der Waals surface area contributed by atoms with Crippen molar-refractivity contribution in [3.63, 3.8) is 0 Å². The molecule has 0 unspecified atom stereocenters. The van der Waals surface area contributed by atoms with Crippen molar-refractivity contribution < 1.29 is 22.3 Å². The number of hydrogen-bond donors (Lipinski definition) is 1. The molecule has 1 rings (SSSR count). The summed E-state index contributed by atoms with van der Waals surface area (Å²) in [5.41, 5.74) is -1.45. The van der Waals surface area contributed by atoms with E-state index in [-0.39, 0.29) is 9.92 Å². The van der Waals surface area contributed by atoms with Crippen molar-refractivity contribution in [3.8, 4) is 0 Å². The molecule has 0 bridgehead atoms. The second kappa shape index (κ2) is 5.44. The van der Waals surface area contributed by atoms with E-state index < -0.39 is 27.3 Å². The van der Waals surface area contributed by atoms with Gasteiger partial charge < -0.3 is 4.74 Å². The van der Waals surface area contributed by atoms with Gasteiger partial charge in [0, 0.05) is 0 Å². The van der Waals surface area contributed by atoms with Gasteiger partial charge in [0.25, 0.3) is 0 Å². The number of carbonyl (C=O) groups excluding carboxylic acids is 1. The second-order valence-corrected chi connectivity index (χ2v) is 6.39. The minimum Gasteiger partial charge on any atom is -0.468 e. The number of halogens is 2. The van der Waals surface area contributed by atoms with E-state index in [1.165, 1.54) is 13.8 Å². The summed E-state index contributed by atoms with van der Waals surface area (Å²) in [6.07, 6.45) is 0. The van der Waals surface area contributed by atoms with E-state index in [0.717, 1.165) is 25.3 Å². The average Bonchev–Trinajstić information content (AvgIpc) is 2.30. The lowest BCUT2D eigenvalue weighted by Crippen LogP contribution is -2.50. The topological polar surface area (TPSA) is 72.5 Å². The SMILES string of the molecule is COC(=O)C(C)(C)NS(=O)(=O)c1ccc(F)c(Cl)c1. The maximum absolute atomic E-state index is 13.0. The Kier molecular flexibility index (Phi) is 4.54. The molecular formula is C11H13ClFNO4S. The van der Waals surface area contributed by atoms with E-state index in [0.29, 0.717) is 0 Å². The van der Waals surface area contributed by atoms with Crippen molar-refractivity contribution in [3.05, 3.63) is 29.0 Å². The molecule has 0 aliphatic rings. The molecule has 106 valence electrons. The molecule has 19 heavy (non-hydrogen) atoms. The smallest absolute Gasteiger partial charge is 0.326 e. The fraction of sp³-hybridized carbons (Fsp3) is 0.364. The summed E-state index contributed by atoms with van der Waals surface area (Å²) in [5.74, 6) is -1.47. The summed E-state index contributed by atoms with van der Waals surface area (Å²) < 4.78 is 43.7. The third kappa shape index (κ3) is 3.65. The van der Waals surface area contributed by atoms with Crippen LogP contribution in [0.2, 0.25) is 5.02 Å². The number of sulfonamides is 1. The lowest BCUT2D eigenvalue weighted by Gasteiger charge is -2.22. The van der Waals surface area contributed by atoms with Crippen LogP contribution in [0.15, 0.2) is 23.1 Å². The lowest BCUT2D eigenvalue weighted by atomic mass is 10.1. The molecule has 0 radical (unpaired) electrons. The van der Waals surface area contributed by atoms with Gasteiger partial charge >= 0.3 is 5.97 Å². The molecule has 0 saturated carbocycles. The minimum atomic E-state index is -4.01. The number of benzene rings is 1. The van der Waals surface area contributed by atoms with Crippen LogP contribution < -0.4 is 4.72 Å². The molecule has 1 N–H and O–H groups in total. The van der Waals surface area contributed by atoms with Gasteiger partial charge in [0.15, 0.2) is 0 Å². The van der Waals surface area contributed by atoms with Crippen molar-refractivity contribution in [2.45, 2.75) is 24.3 Å². The number of esters is 1. The standard InChI is InChI=1S/C11H13ClFNO4S/c1-11(2,10(15)18-3)14-19(16,17)7-4-5-9(13)8(12)6-7/h4-6,14H,1-3H3. The van der Waals surface area contributed by atoms with E-state index in [1.807, 2.05) is 0 Å². The van der Waals surface area contributed by atoms with Gasteiger partial charge in [0.2, 0.25) is 10.0 Å². The van der Waals surface area contributed by atoms with Crippen LogP contribution in [-0.2, 0) is 19.6 Å². The van der Waals surface area contributed by atoms with Gasteiger partial charge in [-0.3, -0.25) is 4.79 Å². The van der Waals surface area contributed by atoms with Crippen molar-refractivity contribution in [2.75, 3.05) is 7.11 Å². The summed E-state index contributed by atoms with van der Waals surface area (Å²) in [7, 11) is -2.87. The summed E-state index contributed by atoms with van der Waals surface area (Å²) in [4.78, 5) is 11.2. The number of ether oxygens (including phenoxy) is 1. The molecule has 1 aromatic carbocycles. The highest BCUT2D eigenvalue weighted by molar-refractivity contribution is 7.89. The Labute approximate surface area is 115 Å². The first kappa shape index (κ1) is 15.9. The zero-order valence-electron chi connectivity index (χ0n) is 10.5. The predicted octanol–water partition coefficient (Wildman–Crippen LogP) is 1.71. The first-order chi connectivity index (χ1) is 8.60.